The van der Waals surface area contributed by atoms with Gasteiger partial charge in [-0.2, -0.15) is 0 Å². The summed E-state index contributed by atoms with van der Waals surface area (Å²) in [6.45, 7) is 13.1. The number of aromatic nitrogens is 3. The molecule has 50 heavy (non-hydrogen) atoms. The normalized spacial score (nSPS) is 20.3. The number of hydrogen-bond donors (Lipinski definition) is 3. The number of quaternary nitrogens is 1. The summed E-state index contributed by atoms with van der Waals surface area (Å²) in [5, 5.41) is 20.2. The third-order valence-corrected chi connectivity index (χ3v) is 10.3. The minimum atomic E-state index is -0.490. The molecule has 1 unspecified atom stereocenters. The van der Waals surface area contributed by atoms with Crippen LogP contribution in [0.3, 0.4) is 0 Å². The molecule has 2 saturated heterocycles. The van der Waals surface area contributed by atoms with Crippen LogP contribution in [0.25, 0.3) is 5.70 Å². The topological polar surface area (TPSA) is 146 Å². The number of carbonyl (C=O) groups excluding carboxylic acids is 1. The van der Waals surface area contributed by atoms with Crippen molar-refractivity contribution in [1.29, 1.82) is 0 Å². The largest absolute Gasteiger partial charge is 0.507 e. The Hall–Kier alpha value is -4.62. The molecule has 2 atom stereocenters. The number of likely N-dealkylation sites (tertiary alicyclic amines) is 1. The Morgan fingerprint density at radius 3 is 2.70 bits per heavy atom. The predicted molar refractivity (Wildman–Crippen MR) is 187 cm³/mol. The molecule has 1 aromatic carbocycles. The van der Waals surface area contributed by atoms with E-state index >= 15 is 0 Å². The van der Waals surface area contributed by atoms with Crippen molar-refractivity contribution in [3.05, 3.63) is 77.2 Å². The number of fused-ring (bicyclic) bond motifs is 2. The number of anilines is 1. The number of ether oxygens (including phenoxy) is 2. The van der Waals surface area contributed by atoms with Crippen LogP contribution >= 0.6 is 0 Å². The van der Waals surface area contributed by atoms with Crippen molar-refractivity contribution in [1.82, 2.24) is 30.2 Å². The fourth-order valence-corrected chi connectivity index (χ4v) is 7.60. The van der Waals surface area contributed by atoms with Gasteiger partial charge in [-0.15, -0.1) is 0 Å². The van der Waals surface area contributed by atoms with E-state index in [4.69, 9.17) is 24.0 Å². The average Bonchev–Trinajstić information content (AvgIpc) is 3.78. The molecule has 0 saturated carbocycles. The molecule has 13 heteroatoms. The minimum absolute atomic E-state index is 0.0292. The standard InChI is InChI=1S/C37H48N8O5/c1-4-48-36(47)34(24(2)3)32-19-33(42-50-32)49-17-7-12-43-13-10-25(11-14-43)26-20-39-37(40-21-26)44-15-16-45-27(23-44)22-38-35-30(45)18-29(41-35)28-8-5-6-9-31(28)46/h5-6,8-9,18-21,24-25,27,34,38,41,46H,4,7,10-17,22-23H2,1-3H3/p+1/t27-,34?/m1/s1. The molecule has 4 aliphatic heterocycles. The Balaban J connectivity index is 0.845. The molecule has 0 amide bonds. The van der Waals surface area contributed by atoms with Gasteiger partial charge in [-0.3, -0.25) is 10.1 Å². The molecule has 2 aromatic heterocycles. The van der Waals surface area contributed by atoms with E-state index in [1.54, 1.807) is 19.1 Å². The van der Waals surface area contributed by atoms with E-state index in [1.807, 2.05) is 44.4 Å². The van der Waals surface area contributed by atoms with Gasteiger partial charge in [0.2, 0.25) is 11.8 Å². The van der Waals surface area contributed by atoms with Crippen molar-refractivity contribution in [2.24, 2.45) is 5.92 Å². The third-order valence-electron chi connectivity index (χ3n) is 10.3. The maximum atomic E-state index is 12.4. The SMILES string of the molecule is CCOC(=O)C(c1cc(OCCCN2CCC(c3cnc(N4CCN5C6=C(NC[C@@H]5C4)[NH2+]C(c4ccccc4O)=C6)nc3)CC2)no1)C(C)C. The second kappa shape index (κ2) is 15.1. The van der Waals surface area contributed by atoms with Gasteiger partial charge in [-0.1, -0.05) is 26.0 Å². The quantitative estimate of drug-likeness (QED) is 0.190. The third kappa shape index (κ3) is 7.29. The summed E-state index contributed by atoms with van der Waals surface area (Å²) in [5.41, 5.74) is 4.31. The molecule has 13 nitrogen and oxygen atoms in total. The molecule has 4 N–H and O–H groups in total. The number of rotatable bonds is 12. The van der Waals surface area contributed by atoms with E-state index in [1.165, 1.54) is 11.3 Å². The Morgan fingerprint density at radius 1 is 1.14 bits per heavy atom. The van der Waals surface area contributed by atoms with Gasteiger partial charge in [0.05, 0.1) is 24.8 Å². The summed E-state index contributed by atoms with van der Waals surface area (Å²) in [7, 11) is 0. The van der Waals surface area contributed by atoms with E-state index in [-0.39, 0.29) is 11.9 Å². The van der Waals surface area contributed by atoms with Gasteiger partial charge >= 0.3 is 5.97 Å². The highest BCUT2D eigenvalue weighted by molar-refractivity contribution is 5.77. The number of hydrogen-bond acceptors (Lipinski definition) is 12. The van der Waals surface area contributed by atoms with Gasteiger partial charge in [0, 0.05) is 57.3 Å². The van der Waals surface area contributed by atoms with Crippen LogP contribution in [0.1, 0.15) is 68.8 Å². The number of phenols is 1. The number of phenolic OH excluding ortho intramolecular Hbond substituents is 1. The molecule has 0 radical (unpaired) electrons. The number of aromatic hydroxyl groups is 1. The van der Waals surface area contributed by atoms with Gasteiger partial charge in [0.1, 0.15) is 23.1 Å². The minimum Gasteiger partial charge on any atom is -0.507 e. The lowest BCUT2D eigenvalue weighted by molar-refractivity contribution is -0.513. The van der Waals surface area contributed by atoms with E-state index in [0.717, 1.165) is 88.1 Å². The fraction of sp³-hybridized carbons (Fsp3) is 0.514. The highest BCUT2D eigenvalue weighted by atomic mass is 16.5. The summed E-state index contributed by atoms with van der Waals surface area (Å²) >= 11 is 0. The average molecular weight is 686 g/mol. The molecule has 0 spiro atoms. The molecular formula is C37H49N8O5+. The van der Waals surface area contributed by atoms with Crippen molar-refractivity contribution in [2.75, 3.05) is 63.9 Å². The number of benzene rings is 1. The first-order valence-corrected chi connectivity index (χ1v) is 18.0. The lowest BCUT2D eigenvalue weighted by Crippen LogP contribution is -2.81. The lowest BCUT2D eigenvalue weighted by atomic mass is 9.91. The fourth-order valence-electron chi connectivity index (χ4n) is 7.60. The lowest BCUT2D eigenvalue weighted by Gasteiger charge is -2.44. The van der Waals surface area contributed by atoms with Crippen LogP contribution < -0.4 is 20.3 Å². The smallest absolute Gasteiger partial charge is 0.317 e. The zero-order valence-corrected chi connectivity index (χ0v) is 29.3. The number of allylic oxidation sites excluding steroid dienone is 1. The molecule has 6 heterocycles. The second-order valence-electron chi connectivity index (χ2n) is 13.9. The highest BCUT2D eigenvalue weighted by Gasteiger charge is 2.39. The summed E-state index contributed by atoms with van der Waals surface area (Å²) in [5.74, 6) is 2.82. The predicted octanol–water partition coefficient (Wildman–Crippen LogP) is 3.00. The summed E-state index contributed by atoms with van der Waals surface area (Å²) in [6.07, 6.45) is 9.30. The number of nitrogens with two attached hydrogens (primary N) is 1. The number of carbonyl (C=O) groups is 1. The zero-order valence-electron chi connectivity index (χ0n) is 29.3. The first-order chi connectivity index (χ1) is 24.4. The Bertz CT molecular complexity index is 1700. The second-order valence-corrected chi connectivity index (χ2v) is 13.9. The van der Waals surface area contributed by atoms with Crippen molar-refractivity contribution in [2.45, 2.75) is 57.9 Å². The summed E-state index contributed by atoms with van der Waals surface area (Å²) < 4.78 is 16.5. The molecule has 266 valence electrons. The summed E-state index contributed by atoms with van der Waals surface area (Å²) in [6, 6.07) is 9.53. The monoisotopic (exact) mass is 685 g/mol. The Labute approximate surface area is 293 Å². The van der Waals surface area contributed by atoms with E-state index in [2.05, 4.69) is 36.6 Å². The Morgan fingerprint density at radius 2 is 1.94 bits per heavy atom. The number of para-hydroxylation sites is 1. The first kappa shape index (κ1) is 33.9. The van der Waals surface area contributed by atoms with E-state index in [0.29, 0.717) is 42.6 Å². The van der Waals surface area contributed by atoms with Gasteiger partial charge < -0.3 is 39.1 Å². The molecule has 4 aliphatic rings. The van der Waals surface area contributed by atoms with Crippen LogP contribution in [0.5, 0.6) is 11.6 Å². The molecule has 3 aromatic rings. The molecule has 7 rings (SSSR count). The van der Waals surface area contributed by atoms with E-state index in [9.17, 15) is 9.90 Å². The highest BCUT2D eigenvalue weighted by Crippen LogP contribution is 2.32. The molecule has 2 fully saturated rings. The first-order valence-electron chi connectivity index (χ1n) is 18.0. The zero-order chi connectivity index (χ0) is 34.6. The summed E-state index contributed by atoms with van der Waals surface area (Å²) in [4.78, 5) is 29.3. The van der Waals surface area contributed by atoms with Crippen molar-refractivity contribution in [3.8, 4) is 11.6 Å². The van der Waals surface area contributed by atoms with Crippen LogP contribution in [-0.2, 0) is 9.53 Å². The molecular weight excluding hydrogens is 636 g/mol. The van der Waals surface area contributed by atoms with E-state index < -0.39 is 5.92 Å². The molecule has 0 aliphatic carbocycles. The number of nitrogens with one attached hydrogen (secondary N) is 1. The van der Waals surface area contributed by atoms with Crippen LogP contribution in [0.4, 0.5) is 5.95 Å². The van der Waals surface area contributed by atoms with Gasteiger partial charge in [-0.25, -0.2) is 9.97 Å². The van der Waals surface area contributed by atoms with Crippen LogP contribution in [0.2, 0.25) is 0 Å². The van der Waals surface area contributed by atoms with Crippen LogP contribution in [-0.4, -0.2) is 101 Å². The maximum absolute atomic E-state index is 12.4. The maximum Gasteiger partial charge on any atom is 0.317 e. The number of esters is 1. The van der Waals surface area contributed by atoms with Crippen molar-refractivity contribution < 1.29 is 29.2 Å². The number of nitrogens with zero attached hydrogens (tertiary/aromatic N) is 6. The van der Waals surface area contributed by atoms with Crippen LogP contribution in [0, 0.1) is 5.92 Å². The number of piperazine rings is 1. The van der Waals surface area contributed by atoms with Crippen LogP contribution in [0.15, 0.2) is 64.8 Å². The Kier molecular flexibility index (Phi) is 10.2. The van der Waals surface area contributed by atoms with Gasteiger partial charge in [0.15, 0.2) is 5.76 Å². The van der Waals surface area contributed by atoms with Gasteiger partial charge in [0.25, 0.3) is 5.88 Å². The molecule has 0 bridgehead atoms. The van der Waals surface area contributed by atoms with Crippen molar-refractivity contribution in [3.63, 3.8) is 0 Å². The number of piperidine rings is 1. The van der Waals surface area contributed by atoms with Gasteiger partial charge in [-0.05, 0) is 74.0 Å². The van der Waals surface area contributed by atoms with Crippen molar-refractivity contribution >= 4 is 17.6 Å².